The molecule has 3 heterocycles. The quantitative estimate of drug-likeness (QED) is 0.640. The van der Waals surface area contributed by atoms with Gasteiger partial charge in [-0.05, 0) is 42.9 Å². The maximum Gasteiger partial charge on any atom is 0.274 e. The van der Waals surface area contributed by atoms with Crippen LogP contribution in [0, 0.1) is 11.7 Å². The number of piperidine rings is 1. The van der Waals surface area contributed by atoms with Crippen LogP contribution in [-0.4, -0.2) is 49.6 Å². The first-order chi connectivity index (χ1) is 15.5. The van der Waals surface area contributed by atoms with Gasteiger partial charge in [0.25, 0.3) is 11.8 Å². The van der Waals surface area contributed by atoms with E-state index in [4.69, 9.17) is 0 Å². The maximum absolute atomic E-state index is 13.1. The van der Waals surface area contributed by atoms with Crippen molar-refractivity contribution < 1.29 is 14.0 Å². The molecule has 0 unspecified atom stereocenters. The summed E-state index contributed by atoms with van der Waals surface area (Å²) in [5, 5.41) is 7.39. The monoisotopic (exact) mass is 436 g/mol. The van der Waals surface area contributed by atoms with Crippen LogP contribution in [0.1, 0.15) is 44.9 Å². The fourth-order valence-electron chi connectivity index (χ4n) is 3.94. The predicted molar refractivity (Wildman–Crippen MR) is 115 cm³/mol. The number of rotatable bonds is 6. The molecule has 1 aliphatic rings. The van der Waals surface area contributed by atoms with Crippen molar-refractivity contribution in [3.05, 3.63) is 77.4 Å². The molecule has 1 N–H and O–H groups in total. The molecule has 0 spiro atoms. The molecule has 1 aliphatic heterocycles. The van der Waals surface area contributed by atoms with Gasteiger partial charge in [0.15, 0.2) is 0 Å². The Kier molecular flexibility index (Phi) is 6.53. The minimum absolute atomic E-state index is 0.102. The summed E-state index contributed by atoms with van der Waals surface area (Å²) >= 11 is 0. The summed E-state index contributed by atoms with van der Waals surface area (Å²) < 4.78 is 14.7. The van der Waals surface area contributed by atoms with Crippen LogP contribution in [0.4, 0.5) is 4.39 Å². The third kappa shape index (κ3) is 5.16. The fourth-order valence-corrected chi connectivity index (χ4v) is 3.94. The third-order valence-electron chi connectivity index (χ3n) is 5.68. The predicted octanol–water partition coefficient (Wildman–Crippen LogP) is 2.37. The Morgan fingerprint density at radius 2 is 1.91 bits per heavy atom. The lowest BCUT2D eigenvalue weighted by Gasteiger charge is -2.31. The van der Waals surface area contributed by atoms with Gasteiger partial charge in [0.2, 0.25) is 0 Å². The Hall–Kier alpha value is -3.62. The van der Waals surface area contributed by atoms with Gasteiger partial charge in [0, 0.05) is 45.3 Å². The number of nitrogens with one attached hydrogen (secondary N) is 1. The molecule has 0 bridgehead atoms. The maximum atomic E-state index is 13.1. The second kappa shape index (κ2) is 9.67. The Bertz CT molecular complexity index is 1080. The van der Waals surface area contributed by atoms with E-state index in [0.29, 0.717) is 43.2 Å². The van der Waals surface area contributed by atoms with Crippen LogP contribution >= 0.6 is 0 Å². The second-order valence-electron chi connectivity index (χ2n) is 8.00. The van der Waals surface area contributed by atoms with Gasteiger partial charge in [-0.25, -0.2) is 9.37 Å². The van der Waals surface area contributed by atoms with E-state index in [1.807, 2.05) is 0 Å². The number of aryl methyl sites for hydroxylation is 1. The lowest BCUT2D eigenvalue weighted by atomic mass is 9.91. The molecule has 0 saturated carbocycles. The zero-order valence-corrected chi connectivity index (χ0v) is 17.9. The number of amides is 2. The summed E-state index contributed by atoms with van der Waals surface area (Å²) in [7, 11) is 1.79. The first-order valence-corrected chi connectivity index (χ1v) is 10.6. The molecule has 9 heteroatoms. The number of aromatic nitrogens is 4. The van der Waals surface area contributed by atoms with Gasteiger partial charge >= 0.3 is 0 Å². The van der Waals surface area contributed by atoms with E-state index in [0.717, 1.165) is 24.1 Å². The average Bonchev–Trinajstić information content (AvgIpc) is 3.19. The van der Waals surface area contributed by atoms with Crippen molar-refractivity contribution >= 4 is 11.8 Å². The van der Waals surface area contributed by atoms with Crippen LogP contribution in [0.3, 0.4) is 0 Å². The lowest BCUT2D eigenvalue weighted by Crippen LogP contribution is -2.39. The number of halogens is 1. The van der Waals surface area contributed by atoms with Crippen molar-refractivity contribution in [2.75, 3.05) is 13.1 Å². The van der Waals surface area contributed by atoms with Crippen molar-refractivity contribution in [2.24, 2.45) is 13.0 Å². The minimum atomic E-state index is -0.306. The third-order valence-corrected chi connectivity index (χ3v) is 5.68. The highest BCUT2D eigenvalue weighted by Gasteiger charge is 2.26. The van der Waals surface area contributed by atoms with Gasteiger partial charge in [0.1, 0.15) is 11.5 Å². The zero-order valence-electron chi connectivity index (χ0n) is 17.9. The minimum Gasteiger partial charge on any atom is -0.348 e. The van der Waals surface area contributed by atoms with Crippen LogP contribution < -0.4 is 5.32 Å². The molecule has 166 valence electrons. The van der Waals surface area contributed by atoms with E-state index < -0.39 is 0 Å². The Balaban J connectivity index is 1.33. The smallest absolute Gasteiger partial charge is 0.274 e. The Morgan fingerprint density at radius 1 is 1.16 bits per heavy atom. The summed E-state index contributed by atoms with van der Waals surface area (Å²) in [6.45, 7) is 1.59. The number of likely N-dealkylation sites (tertiary alicyclic amines) is 1. The molecule has 4 rings (SSSR count). The second-order valence-corrected chi connectivity index (χ2v) is 8.00. The van der Waals surface area contributed by atoms with E-state index in [1.165, 1.54) is 24.5 Å². The largest absolute Gasteiger partial charge is 0.348 e. The number of carbonyl (C=O) groups excluding carboxylic acids is 2. The van der Waals surface area contributed by atoms with Crippen LogP contribution in [0.5, 0.6) is 0 Å². The molecule has 2 aromatic heterocycles. The highest BCUT2D eigenvalue weighted by atomic mass is 19.1. The summed E-state index contributed by atoms with van der Waals surface area (Å²) in [4.78, 5) is 35.2. The average molecular weight is 436 g/mol. The van der Waals surface area contributed by atoms with Crippen molar-refractivity contribution in [3.63, 3.8) is 0 Å². The lowest BCUT2D eigenvalue weighted by molar-refractivity contribution is 0.0683. The molecule has 32 heavy (non-hydrogen) atoms. The van der Waals surface area contributed by atoms with Gasteiger partial charge in [-0.15, -0.1) is 0 Å². The summed E-state index contributed by atoms with van der Waals surface area (Å²) in [5.41, 5.74) is 2.48. The fraction of sp³-hybridized carbons (Fsp3) is 0.348. The molecule has 1 saturated heterocycles. The molecular weight excluding hydrogens is 411 g/mol. The van der Waals surface area contributed by atoms with Gasteiger partial charge in [-0.2, -0.15) is 5.10 Å². The first kappa shape index (κ1) is 21.6. The zero-order chi connectivity index (χ0) is 22.5. The molecule has 8 nitrogen and oxygen atoms in total. The van der Waals surface area contributed by atoms with E-state index in [1.54, 1.807) is 41.2 Å². The SMILES string of the molecule is Cn1cc(C(=O)NCc2ccc(F)cc2)c(CC2CCN(C(=O)c3cnccn3)CC2)n1. The van der Waals surface area contributed by atoms with Crippen molar-refractivity contribution in [3.8, 4) is 0 Å². The number of nitrogens with zero attached hydrogens (tertiary/aromatic N) is 5. The van der Waals surface area contributed by atoms with Crippen molar-refractivity contribution in [1.82, 2.24) is 30.0 Å². The van der Waals surface area contributed by atoms with E-state index in [9.17, 15) is 14.0 Å². The van der Waals surface area contributed by atoms with Gasteiger partial charge in [-0.3, -0.25) is 19.3 Å². The summed E-state index contributed by atoms with van der Waals surface area (Å²) in [5.74, 6) is -0.276. The van der Waals surface area contributed by atoms with E-state index >= 15 is 0 Å². The molecule has 0 radical (unpaired) electrons. The van der Waals surface area contributed by atoms with E-state index in [2.05, 4.69) is 20.4 Å². The van der Waals surface area contributed by atoms with Crippen LogP contribution in [-0.2, 0) is 20.0 Å². The molecule has 1 aromatic carbocycles. The van der Waals surface area contributed by atoms with Gasteiger partial charge in [0.05, 0.1) is 17.5 Å². The molecule has 0 atom stereocenters. The highest BCUT2D eigenvalue weighted by molar-refractivity contribution is 5.95. The topological polar surface area (TPSA) is 93.0 Å². The molecular formula is C23H25FN6O2. The van der Waals surface area contributed by atoms with Gasteiger partial charge < -0.3 is 10.2 Å². The number of hydrogen-bond acceptors (Lipinski definition) is 5. The Morgan fingerprint density at radius 3 is 2.59 bits per heavy atom. The van der Waals surface area contributed by atoms with Crippen molar-refractivity contribution in [1.29, 1.82) is 0 Å². The summed E-state index contributed by atoms with van der Waals surface area (Å²) in [6.07, 6.45) is 8.61. The summed E-state index contributed by atoms with van der Waals surface area (Å²) in [6, 6.07) is 6.04. The molecule has 3 aromatic rings. The normalized spacial score (nSPS) is 14.4. The number of carbonyl (C=O) groups is 2. The number of hydrogen-bond donors (Lipinski definition) is 1. The molecule has 0 aliphatic carbocycles. The highest BCUT2D eigenvalue weighted by Crippen LogP contribution is 2.23. The molecule has 2 amide bonds. The molecule has 1 fully saturated rings. The van der Waals surface area contributed by atoms with Crippen LogP contribution in [0.2, 0.25) is 0 Å². The number of benzene rings is 1. The van der Waals surface area contributed by atoms with Gasteiger partial charge in [-0.1, -0.05) is 12.1 Å². The van der Waals surface area contributed by atoms with Crippen LogP contribution in [0.25, 0.3) is 0 Å². The standard InChI is InChI=1S/C23H25FN6O2/c1-29-15-19(22(31)27-13-17-2-4-18(24)5-3-17)20(28-29)12-16-6-10-30(11-7-16)23(32)21-14-25-8-9-26-21/h2-5,8-9,14-16H,6-7,10-13H2,1H3,(H,27,31). The van der Waals surface area contributed by atoms with Crippen molar-refractivity contribution in [2.45, 2.75) is 25.8 Å². The first-order valence-electron chi connectivity index (χ1n) is 10.6. The van der Waals surface area contributed by atoms with E-state index in [-0.39, 0.29) is 17.6 Å². The Labute approximate surface area is 185 Å². The van der Waals surface area contributed by atoms with Crippen LogP contribution in [0.15, 0.2) is 49.1 Å².